The van der Waals surface area contributed by atoms with E-state index in [0.717, 1.165) is 0 Å². The molecule has 7 heteroatoms. The first-order valence-electron chi connectivity index (χ1n) is 5.76. The number of methoxy groups -OCH3 is 1. The summed E-state index contributed by atoms with van der Waals surface area (Å²) in [5.41, 5.74) is 0.548. The number of imide groups is 1. The molecule has 1 aliphatic rings. The number of carbonyl (C=O) groups excluding carboxylic acids is 3. The van der Waals surface area contributed by atoms with Gasteiger partial charge in [-0.05, 0) is 24.3 Å². The maximum absolute atomic E-state index is 11.8. The van der Waals surface area contributed by atoms with Crippen molar-refractivity contribution in [2.75, 3.05) is 13.7 Å². The molecule has 1 aliphatic heterocycles. The average Bonchev–Trinajstić information content (AvgIpc) is 3.26. The molecule has 0 aliphatic carbocycles. The fraction of sp³-hybridized carbons (Fsp3) is 0.231. The number of nitrogens with one attached hydrogen (secondary N) is 1. The molecule has 1 atom stereocenters. The number of rotatable bonds is 2. The van der Waals surface area contributed by atoms with Gasteiger partial charge in [0.15, 0.2) is 0 Å². The lowest BCUT2D eigenvalue weighted by Gasteiger charge is -2.05. The van der Waals surface area contributed by atoms with Crippen LogP contribution in [-0.4, -0.2) is 42.5 Å². The Labute approximate surface area is 114 Å². The van der Waals surface area contributed by atoms with Crippen molar-refractivity contribution in [1.82, 2.24) is 10.2 Å². The van der Waals surface area contributed by atoms with Crippen molar-refractivity contribution in [2.45, 2.75) is 6.04 Å². The molecule has 0 bridgehead atoms. The first kappa shape index (κ1) is 13.5. The van der Waals surface area contributed by atoms with E-state index in [2.05, 4.69) is 10.1 Å². The van der Waals surface area contributed by atoms with Gasteiger partial charge >= 0.3 is 12.0 Å². The summed E-state index contributed by atoms with van der Waals surface area (Å²) in [4.78, 5) is 35.8. The third-order valence-corrected chi connectivity index (χ3v) is 2.81. The largest absolute Gasteiger partial charge is 0.465 e. The van der Waals surface area contributed by atoms with Crippen molar-refractivity contribution in [1.29, 1.82) is 5.26 Å². The molecule has 102 valence electrons. The molecule has 1 saturated heterocycles. The molecule has 0 saturated carbocycles. The summed E-state index contributed by atoms with van der Waals surface area (Å²) in [7, 11) is 1.26. The third-order valence-electron chi connectivity index (χ3n) is 2.81. The van der Waals surface area contributed by atoms with Crippen LogP contribution in [0.15, 0.2) is 24.3 Å². The van der Waals surface area contributed by atoms with Crippen molar-refractivity contribution in [3.8, 4) is 6.07 Å². The molecule has 1 fully saturated rings. The predicted octanol–water partition coefficient (Wildman–Crippen LogP) is 0.531. The van der Waals surface area contributed by atoms with Gasteiger partial charge in [0.05, 0.1) is 25.3 Å². The molecule has 1 aromatic rings. The van der Waals surface area contributed by atoms with Crippen LogP contribution >= 0.6 is 0 Å². The Balaban J connectivity index is 1.98. The Morgan fingerprint density at radius 2 is 1.90 bits per heavy atom. The van der Waals surface area contributed by atoms with Crippen LogP contribution in [0.25, 0.3) is 0 Å². The molecule has 20 heavy (non-hydrogen) atoms. The van der Waals surface area contributed by atoms with E-state index in [1.165, 1.54) is 36.3 Å². The number of nitrogens with zero attached hydrogens (tertiary/aromatic N) is 2. The van der Waals surface area contributed by atoms with Crippen LogP contribution in [0.2, 0.25) is 0 Å². The van der Waals surface area contributed by atoms with Gasteiger partial charge in [0.1, 0.15) is 6.04 Å². The lowest BCUT2D eigenvalue weighted by atomic mass is 10.1. The van der Waals surface area contributed by atoms with Gasteiger partial charge in [-0.1, -0.05) is 0 Å². The summed E-state index contributed by atoms with van der Waals surface area (Å²) in [6.07, 6.45) is 0. The van der Waals surface area contributed by atoms with Gasteiger partial charge in [0.25, 0.3) is 5.91 Å². The number of amides is 3. The van der Waals surface area contributed by atoms with E-state index in [1.807, 2.05) is 6.07 Å². The van der Waals surface area contributed by atoms with E-state index in [0.29, 0.717) is 12.1 Å². The van der Waals surface area contributed by atoms with Crippen LogP contribution in [0.5, 0.6) is 0 Å². The van der Waals surface area contributed by atoms with E-state index in [9.17, 15) is 14.4 Å². The van der Waals surface area contributed by atoms with Crippen LogP contribution in [-0.2, 0) is 4.74 Å². The number of ether oxygens (including phenoxy) is 1. The van der Waals surface area contributed by atoms with Gasteiger partial charge in [0, 0.05) is 5.56 Å². The first-order chi connectivity index (χ1) is 9.56. The highest BCUT2D eigenvalue weighted by molar-refractivity contribution is 6.05. The van der Waals surface area contributed by atoms with Gasteiger partial charge < -0.3 is 9.64 Å². The van der Waals surface area contributed by atoms with E-state index in [1.54, 1.807) is 0 Å². The van der Waals surface area contributed by atoms with Crippen molar-refractivity contribution >= 4 is 17.9 Å². The monoisotopic (exact) mass is 273 g/mol. The Morgan fingerprint density at radius 1 is 1.30 bits per heavy atom. The minimum absolute atomic E-state index is 0.237. The second-order valence-electron chi connectivity index (χ2n) is 4.13. The fourth-order valence-corrected chi connectivity index (χ4v) is 1.59. The van der Waals surface area contributed by atoms with Gasteiger partial charge in [0.2, 0.25) is 0 Å². The zero-order valence-electron chi connectivity index (χ0n) is 10.6. The molecule has 3 amide bonds. The van der Waals surface area contributed by atoms with Crippen LogP contribution in [0, 0.1) is 11.3 Å². The Bertz CT molecular complexity index is 603. The second-order valence-corrected chi connectivity index (χ2v) is 4.13. The van der Waals surface area contributed by atoms with Crippen LogP contribution in [0.3, 0.4) is 0 Å². The summed E-state index contributed by atoms with van der Waals surface area (Å²) in [6.45, 7) is 0.330. The molecule has 1 aromatic carbocycles. The highest BCUT2D eigenvalue weighted by Gasteiger charge is 2.39. The van der Waals surface area contributed by atoms with Crippen molar-refractivity contribution in [3.63, 3.8) is 0 Å². The Morgan fingerprint density at radius 3 is 2.40 bits per heavy atom. The lowest BCUT2D eigenvalue weighted by molar-refractivity contribution is 0.0600. The SMILES string of the molecule is COC(=O)c1ccc(C(=O)NC(=O)N2CC2C#N)cc1. The summed E-state index contributed by atoms with van der Waals surface area (Å²) in [6, 6.07) is 6.55. The quantitative estimate of drug-likeness (QED) is 0.626. The minimum Gasteiger partial charge on any atom is -0.465 e. The highest BCUT2D eigenvalue weighted by Crippen LogP contribution is 2.15. The summed E-state index contributed by atoms with van der Waals surface area (Å²) in [5.74, 6) is -1.09. The smallest absolute Gasteiger partial charge is 0.337 e. The van der Waals surface area contributed by atoms with E-state index in [4.69, 9.17) is 5.26 Å². The number of hydrogen-bond donors (Lipinski definition) is 1. The van der Waals surface area contributed by atoms with E-state index < -0.39 is 23.9 Å². The van der Waals surface area contributed by atoms with Crippen LogP contribution in [0.4, 0.5) is 4.79 Å². The maximum Gasteiger partial charge on any atom is 0.337 e. The van der Waals surface area contributed by atoms with E-state index in [-0.39, 0.29) is 5.56 Å². The summed E-state index contributed by atoms with van der Waals surface area (Å²) >= 11 is 0. The third kappa shape index (κ3) is 2.75. The molecule has 0 aromatic heterocycles. The average molecular weight is 273 g/mol. The summed E-state index contributed by atoms with van der Waals surface area (Å²) in [5, 5.41) is 10.7. The molecule has 0 radical (unpaired) electrons. The fourth-order valence-electron chi connectivity index (χ4n) is 1.59. The molecule has 0 spiro atoms. The van der Waals surface area contributed by atoms with Gasteiger partial charge in [-0.3, -0.25) is 10.1 Å². The number of urea groups is 1. The van der Waals surface area contributed by atoms with Crippen molar-refractivity contribution in [2.24, 2.45) is 0 Å². The van der Waals surface area contributed by atoms with Crippen molar-refractivity contribution in [3.05, 3.63) is 35.4 Å². The Hall–Kier alpha value is -2.88. The number of esters is 1. The van der Waals surface area contributed by atoms with E-state index >= 15 is 0 Å². The normalized spacial score (nSPS) is 16.0. The number of nitriles is 1. The van der Waals surface area contributed by atoms with Crippen molar-refractivity contribution < 1.29 is 19.1 Å². The standard InChI is InChI=1S/C13H11N3O4/c1-20-12(18)9-4-2-8(3-5-9)11(17)15-13(19)16-7-10(16)6-14/h2-5,10H,7H2,1H3,(H,15,17,19). The maximum atomic E-state index is 11.8. The van der Waals surface area contributed by atoms with Crippen LogP contribution in [0.1, 0.15) is 20.7 Å². The molecule has 1 heterocycles. The number of hydrogen-bond acceptors (Lipinski definition) is 5. The Kier molecular flexibility index (Phi) is 3.66. The topological polar surface area (TPSA) is 99.3 Å². The van der Waals surface area contributed by atoms with Gasteiger partial charge in [-0.2, -0.15) is 5.26 Å². The molecular formula is C13H11N3O4. The molecular weight excluding hydrogens is 262 g/mol. The highest BCUT2D eigenvalue weighted by atomic mass is 16.5. The molecule has 2 rings (SSSR count). The van der Waals surface area contributed by atoms with Gasteiger partial charge in [-0.15, -0.1) is 0 Å². The minimum atomic E-state index is -0.599. The lowest BCUT2D eigenvalue weighted by Crippen LogP contribution is -2.34. The molecule has 7 nitrogen and oxygen atoms in total. The summed E-state index contributed by atoms with van der Waals surface area (Å²) < 4.78 is 4.53. The predicted molar refractivity (Wildman–Crippen MR) is 66.8 cm³/mol. The number of carbonyl (C=O) groups is 3. The zero-order valence-corrected chi connectivity index (χ0v) is 10.6. The number of benzene rings is 1. The molecule has 1 N–H and O–H groups in total. The zero-order chi connectivity index (χ0) is 14.7. The first-order valence-corrected chi connectivity index (χ1v) is 5.76. The second kappa shape index (κ2) is 5.40. The molecule has 1 unspecified atom stereocenters. The van der Waals surface area contributed by atoms with Crippen LogP contribution < -0.4 is 5.32 Å². The van der Waals surface area contributed by atoms with Gasteiger partial charge in [-0.25, -0.2) is 9.59 Å².